The van der Waals surface area contributed by atoms with E-state index in [1.165, 1.54) is 31.7 Å². The molecule has 2 aliphatic heterocycles. The van der Waals surface area contributed by atoms with Crippen molar-refractivity contribution in [1.82, 2.24) is 10.2 Å². The van der Waals surface area contributed by atoms with Gasteiger partial charge in [0.05, 0.1) is 11.6 Å². The summed E-state index contributed by atoms with van der Waals surface area (Å²) in [6.07, 6.45) is 0. The Hall–Kier alpha value is -0.290. The zero-order valence-electron chi connectivity index (χ0n) is 11.1. The second kappa shape index (κ2) is 6.44. The summed E-state index contributed by atoms with van der Waals surface area (Å²) < 4.78 is 6.31. The van der Waals surface area contributed by atoms with Crippen LogP contribution in [0, 0.1) is 11.8 Å². The summed E-state index contributed by atoms with van der Waals surface area (Å²) in [5.74, 6) is 2.64. The number of benzene rings is 1. The number of hydrogen-bond donors (Lipinski definition) is 1. The first kappa shape index (κ1) is 15.1. The van der Waals surface area contributed by atoms with Crippen LogP contribution in [0.4, 0.5) is 0 Å². The van der Waals surface area contributed by atoms with Gasteiger partial charge >= 0.3 is 0 Å². The Bertz CT molecular complexity index is 431. The van der Waals surface area contributed by atoms with Crippen molar-refractivity contribution in [3.05, 3.63) is 28.2 Å². The number of hydrogen-bond acceptors (Lipinski definition) is 3. The van der Waals surface area contributed by atoms with Crippen LogP contribution < -0.4 is 10.1 Å². The van der Waals surface area contributed by atoms with Crippen LogP contribution in [0.15, 0.2) is 22.7 Å². The lowest BCUT2D eigenvalue weighted by Gasteiger charge is -2.17. The van der Waals surface area contributed by atoms with Crippen LogP contribution in [0.25, 0.3) is 0 Å². The van der Waals surface area contributed by atoms with Crippen LogP contribution in [0.5, 0.6) is 5.75 Å². The van der Waals surface area contributed by atoms with E-state index in [2.05, 4.69) is 38.3 Å². The number of ether oxygens (including phenoxy) is 1. The molecule has 2 aliphatic rings. The van der Waals surface area contributed by atoms with E-state index >= 15 is 0 Å². The molecule has 2 fully saturated rings. The van der Waals surface area contributed by atoms with Crippen LogP contribution in [0.2, 0.25) is 0 Å². The summed E-state index contributed by atoms with van der Waals surface area (Å²) in [5.41, 5.74) is 1.36. The molecule has 19 heavy (non-hydrogen) atoms. The van der Waals surface area contributed by atoms with Crippen molar-refractivity contribution in [2.45, 2.75) is 6.54 Å². The largest absolute Gasteiger partial charge is 0.496 e. The predicted octanol–water partition coefficient (Wildman–Crippen LogP) is 2.53. The third-order valence-corrected chi connectivity index (χ3v) is 4.71. The first-order chi connectivity index (χ1) is 8.76. The molecule has 1 aromatic carbocycles. The third kappa shape index (κ3) is 3.24. The van der Waals surface area contributed by atoms with E-state index in [1.807, 2.05) is 6.07 Å². The molecule has 0 saturated carbocycles. The van der Waals surface area contributed by atoms with Gasteiger partial charge in [0.2, 0.25) is 0 Å². The first-order valence-corrected chi connectivity index (χ1v) is 7.31. The summed E-state index contributed by atoms with van der Waals surface area (Å²) in [6.45, 7) is 5.93. The maximum Gasteiger partial charge on any atom is 0.133 e. The molecule has 1 aromatic rings. The fraction of sp³-hybridized carbons (Fsp3) is 0.571. The van der Waals surface area contributed by atoms with Gasteiger partial charge in [-0.3, -0.25) is 4.90 Å². The predicted molar refractivity (Wildman–Crippen MR) is 83.1 cm³/mol. The molecule has 0 amide bonds. The Labute approximate surface area is 129 Å². The highest BCUT2D eigenvalue weighted by molar-refractivity contribution is 9.10. The Balaban J connectivity index is 0.00000133. The first-order valence-electron chi connectivity index (χ1n) is 6.52. The number of fused-ring (bicyclic) bond motifs is 1. The van der Waals surface area contributed by atoms with Crippen LogP contribution in [-0.2, 0) is 6.54 Å². The Morgan fingerprint density at radius 2 is 2.00 bits per heavy atom. The van der Waals surface area contributed by atoms with E-state index in [1.54, 1.807) is 7.11 Å². The Morgan fingerprint density at radius 3 is 2.58 bits per heavy atom. The number of nitrogens with one attached hydrogen (secondary N) is 1. The summed E-state index contributed by atoms with van der Waals surface area (Å²) in [5, 5.41) is 3.48. The third-order valence-electron chi connectivity index (χ3n) is 4.09. The second-order valence-corrected chi connectivity index (χ2v) is 6.20. The molecule has 2 saturated heterocycles. The van der Waals surface area contributed by atoms with Crippen molar-refractivity contribution in [2.24, 2.45) is 11.8 Å². The molecule has 106 valence electrons. The topological polar surface area (TPSA) is 24.5 Å². The van der Waals surface area contributed by atoms with Crippen molar-refractivity contribution in [3.63, 3.8) is 0 Å². The number of nitrogens with zero attached hydrogens (tertiary/aromatic N) is 1. The number of likely N-dealkylation sites (tertiary alicyclic amines) is 1. The van der Waals surface area contributed by atoms with Crippen LogP contribution in [0.1, 0.15) is 5.56 Å². The summed E-state index contributed by atoms with van der Waals surface area (Å²) in [6, 6.07) is 6.37. The van der Waals surface area contributed by atoms with Crippen LogP contribution in [0.3, 0.4) is 0 Å². The molecule has 3 nitrogen and oxygen atoms in total. The van der Waals surface area contributed by atoms with Gasteiger partial charge in [-0.05, 0) is 58.6 Å². The van der Waals surface area contributed by atoms with Gasteiger partial charge in [-0.25, -0.2) is 0 Å². The molecule has 0 aromatic heterocycles. The van der Waals surface area contributed by atoms with Gasteiger partial charge in [-0.15, -0.1) is 12.4 Å². The molecule has 0 aliphatic carbocycles. The Morgan fingerprint density at radius 1 is 1.32 bits per heavy atom. The smallest absolute Gasteiger partial charge is 0.133 e. The fourth-order valence-electron chi connectivity index (χ4n) is 3.15. The average molecular weight is 348 g/mol. The van der Waals surface area contributed by atoms with Gasteiger partial charge in [0.1, 0.15) is 5.75 Å². The standard InChI is InChI=1S/C14H19BrN2O.ClH/c1-18-14-3-2-10(4-13(14)15)7-17-8-11-5-16-6-12(11)9-17;/h2-4,11-12,16H,5-9H2,1H3;1H/t11-,12+;. The number of rotatable bonds is 3. The number of methoxy groups -OCH3 is 1. The molecule has 2 atom stereocenters. The molecule has 0 radical (unpaired) electrons. The maximum absolute atomic E-state index is 5.26. The highest BCUT2D eigenvalue weighted by atomic mass is 79.9. The molecule has 0 bridgehead atoms. The minimum atomic E-state index is 0. The average Bonchev–Trinajstić information content (AvgIpc) is 2.90. The zero-order valence-corrected chi connectivity index (χ0v) is 13.5. The molecule has 1 N–H and O–H groups in total. The van der Waals surface area contributed by atoms with E-state index in [-0.39, 0.29) is 12.4 Å². The van der Waals surface area contributed by atoms with Crippen molar-refractivity contribution in [1.29, 1.82) is 0 Å². The van der Waals surface area contributed by atoms with Gasteiger partial charge in [-0.1, -0.05) is 6.07 Å². The van der Waals surface area contributed by atoms with Crippen LogP contribution >= 0.6 is 28.3 Å². The second-order valence-electron chi connectivity index (χ2n) is 5.34. The van der Waals surface area contributed by atoms with Crippen molar-refractivity contribution in [2.75, 3.05) is 33.3 Å². The normalized spacial score (nSPS) is 26.0. The number of halogens is 2. The van der Waals surface area contributed by atoms with E-state index < -0.39 is 0 Å². The molecular formula is C14H20BrClN2O. The lowest BCUT2D eigenvalue weighted by atomic mass is 10.0. The lowest BCUT2D eigenvalue weighted by molar-refractivity contribution is 0.305. The zero-order chi connectivity index (χ0) is 12.5. The fourth-order valence-corrected chi connectivity index (χ4v) is 3.74. The van der Waals surface area contributed by atoms with Gasteiger partial charge in [-0.2, -0.15) is 0 Å². The highest BCUT2D eigenvalue weighted by Crippen LogP contribution is 2.29. The summed E-state index contributed by atoms with van der Waals surface area (Å²) >= 11 is 3.55. The molecule has 3 rings (SSSR count). The molecular weight excluding hydrogens is 328 g/mol. The molecule has 0 spiro atoms. The van der Waals surface area contributed by atoms with E-state index in [0.717, 1.165) is 28.6 Å². The maximum atomic E-state index is 5.26. The molecule has 0 unspecified atom stereocenters. The van der Waals surface area contributed by atoms with Gasteiger partial charge in [0, 0.05) is 19.6 Å². The van der Waals surface area contributed by atoms with Crippen molar-refractivity contribution >= 4 is 28.3 Å². The van der Waals surface area contributed by atoms with E-state index in [4.69, 9.17) is 4.74 Å². The van der Waals surface area contributed by atoms with E-state index in [0.29, 0.717) is 0 Å². The highest BCUT2D eigenvalue weighted by Gasteiger charge is 2.35. The summed E-state index contributed by atoms with van der Waals surface area (Å²) in [7, 11) is 1.70. The van der Waals surface area contributed by atoms with Crippen molar-refractivity contribution < 1.29 is 4.74 Å². The minimum Gasteiger partial charge on any atom is -0.496 e. The van der Waals surface area contributed by atoms with Gasteiger partial charge in [0.15, 0.2) is 0 Å². The van der Waals surface area contributed by atoms with E-state index in [9.17, 15) is 0 Å². The molecule has 2 heterocycles. The molecule has 5 heteroatoms. The van der Waals surface area contributed by atoms with Gasteiger partial charge in [0.25, 0.3) is 0 Å². The van der Waals surface area contributed by atoms with Crippen molar-refractivity contribution in [3.8, 4) is 5.75 Å². The quantitative estimate of drug-likeness (QED) is 0.909. The SMILES string of the molecule is COc1ccc(CN2C[C@H]3CNC[C@H]3C2)cc1Br.Cl. The monoisotopic (exact) mass is 346 g/mol. The Kier molecular flexibility index (Phi) is 5.12. The summed E-state index contributed by atoms with van der Waals surface area (Å²) in [4.78, 5) is 2.57. The van der Waals surface area contributed by atoms with Crippen LogP contribution in [-0.4, -0.2) is 38.2 Å². The van der Waals surface area contributed by atoms with Gasteiger partial charge < -0.3 is 10.1 Å². The minimum absolute atomic E-state index is 0. The lowest BCUT2D eigenvalue weighted by Crippen LogP contribution is -2.25.